The second kappa shape index (κ2) is 7.12. The van der Waals surface area contributed by atoms with Crippen LogP contribution in [-0.2, 0) is 21.2 Å². The Bertz CT molecular complexity index is 953. The van der Waals surface area contributed by atoms with E-state index in [2.05, 4.69) is 29.4 Å². The van der Waals surface area contributed by atoms with Gasteiger partial charge in [0.1, 0.15) is 9.90 Å². The van der Waals surface area contributed by atoms with Crippen molar-refractivity contribution in [3.05, 3.63) is 34.8 Å². The van der Waals surface area contributed by atoms with Crippen molar-refractivity contribution < 1.29 is 18.0 Å². The number of sulfonamides is 1. The molecule has 0 fully saturated rings. The molecule has 2 amide bonds. The SMILES string of the molecule is CC(C)Cc1nnc(NC(=O)CCN2C(=O)c3ccccc3S2(=O)=O)s1. The fraction of sp³-hybridized carbons (Fsp3) is 0.375. The van der Waals surface area contributed by atoms with Crippen LogP contribution in [0.4, 0.5) is 5.13 Å². The average Bonchev–Trinajstić information content (AvgIpc) is 3.07. The van der Waals surface area contributed by atoms with Gasteiger partial charge in [0.2, 0.25) is 11.0 Å². The zero-order valence-electron chi connectivity index (χ0n) is 14.3. The van der Waals surface area contributed by atoms with E-state index in [0.717, 1.165) is 15.7 Å². The molecular weight excluding hydrogens is 376 g/mol. The van der Waals surface area contributed by atoms with Crippen molar-refractivity contribution in [2.24, 2.45) is 5.92 Å². The molecule has 1 N–H and O–H groups in total. The lowest BCUT2D eigenvalue weighted by Gasteiger charge is -2.14. The number of carbonyl (C=O) groups is 2. The molecule has 0 radical (unpaired) electrons. The first-order valence-corrected chi connectivity index (χ1v) is 10.3. The van der Waals surface area contributed by atoms with Crippen LogP contribution < -0.4 is 5.32 Å². The third-order valence-electron chi connectivity index (χ3n) is 3.75. The van der Waals surface area contributed by atoms with Crippen LogP contribution >= 0.6 is 11.3 Å². The average molecular weight is 394 g/mol. The third kappa shape index (κ3) is 3.61. The van der Waals surface area contributed by atoms with Crippen LogP contribution in [-0.4, -0.2) is 41.3 Å². The van der Waals surface area contributed by atoms with E-state index in [9.17, 15) is 18.0 Å². The molecule has 26 heavy (non-hydrogen) atoms. The molecule has 0 saturated carbocycles. The molecule has 1 aliphatic rings. The van der Waals surface area contributed by atoms with Gasteiger partial charge in [0.15, 0.2) is 0 Å². The van der Waals surface area contributed by atoms with Gasteiger partial charge in [-0.1, -0.05) is 37.3 Å². The summed E-state index contributed by atoms with van der Waals surface area (Å²) in [6, 6.07) is 6.02. The first kappa shape index (κ1) is 18.5. The molecule has 1 aliphatic heterocycles. The Morgan fingerprint density at radius 2 is 2.00 bits per heavy atom. The number of aromatic nitrogens is 2. The van der Waals surface area contributed by atoms with E-state index in [0.29, 0.717) is 11.0 Å². The molecule has 2 heterocycles. The van der Waals surface area contributed by atoms with Gasteiger partial charge >= 0.3 is 0 Å². The highest BCUT2D eigenvalue weighted by Gasteiger charge is 2.40. The summed E-state index contributed by atoms with van der Waals surface area (Å²) in [6.07, 6.45) is 0.615. The molecule has 10 heteroatoms. The van der Waals surface area contributed by atoms with Crippen molar-refractivity contribution in [3.63, 3.8) is 0 Å². The van der Waals surface area contributed by atoms with Gasteiger partial charge in [0.05, 0.1) is 5.56 Å². The molecule has 1 aromatic heterocycles. The van der Waals surface area contributed by atoms with Crippen LogP contribution in [0.3, 0.4) is 0 Å². The zero-order chi connectivity index (χ0) is 18.9. The molecule has 3 rings (SSSR count). The summed E-state index contributed by atoms with van der Waals surface area (Å²) in [4.78, 5) is 24.3. The van der Waals surface area contributed by atoms with Gasteiger partial charge < -0.3 is 5.32 Å². The van der Waals surface area contributed by atoms with E-state index in [1.54, 1.807) is 12.1 Å². The number of nitrogens with one attached hydrogen (secondary N) is 1. The van der Waals surface area contributed by atoms with Crippen LogP contribution in [0.15, 0.2) is 29.2 Å². The molecule has 8 nitrogen and oxygen atoms in total. The number of carbonyl (C=O) groups excluding carboxylic acids is 2. The van der Waals surface area contributed by atoms with E-state index in [1.165, 1.54) is 23.5 Å². The van der Waals surface area contributed by atoms with E-state index in [-0.39, 0.29) is 23.4 Å². The molecule has 0 atom stereocenters. The highest BCUT2D eigenvalue weighted by atomic mass is 32.2. The fourth-order valence-corrected chi connectivity index (χ4v) is 5.11. The summed E-state index contributed by atoms with van der Waals surface area (Å²) in [7, 11) is -3.90. The summed E-state index contributed by atoms with van der Waals surface area (Å²) in [6.45, 7) is 3.90. The minimum Gasteiger partial charge on any atom is -0.300 e. The predicted molar refractivity (Wildman–Crippen MR) is 96.4 cm³/mol. The van der Waals surface area contributed by atoms with E-state index < -0.39 is 21.8 Å². The van der Waals surface area contributed by atoms with Crippen LogP contribution in [0, 0.1) is 5.92 Å². The van der Waals surface area contributed by atoms with Crippen molar-refractivity contribution >= 4 is 38.3 Å². The van der Waals surface area contributed by atoms with Gasteiger partial charge in [-0.15, -0.1) is 10.2 Å². The van der Waals surface area contributed by atoms with E-state index >= 15 is 0 Å². The molecule has 1 aromatic carbocycles. The van der Waals surface area contributed by atoms with E-state index in [1.807, 2.05) is 0 Å². The molecule has 0 bridgehead atoms. The number of anilines is 1. The minimum atomic E-state index is -3.90. The van der Waals surface area contributed by atoms with Gasteiger partial charge in [0, 0.05) is 19.4 Å². The number of amides is 2. The third-order valence-corrected chi connectivity index (χ3v) is 6.45. The molecule has 2 aromatic rings. The van der Waals surface area contributed by atoms with Gasteiger partial charge in [0.25, 0.3) is 15.9 Å². The Kier molecular flexibility index (Phi) is 5.05. The van der Waals surface area contributed by atoms with Crippen LogP contribution in [0.5, 0.6) is 0 Å². The molecule has 0 aliphatic carbocycles. The molecular formula is C16H18N4O4S2. The number of fused-ring (bicyclic) bond motifs is 1. The van der Waals surface area contributed by atoms with Crippen LogP contribution in [0.1, 0.15) is 35.6 Å². The zero-order valence-corrected chi connectivity index (χ0v) is 15.9. The Hall–Kier alpha value is -2.33. The predicted octanol–water partition coefficient (Wildman–Crippen LogP) is 1.91. The molecule has 138 valence electrons. The molecule has 0 unspecified atom stereocenters. The number of benzene rings is 1. The highest BCUT2D eigenvalue weighted by molar-refractivity contribution is 7.90. The standard InChI is InChI=1S/C16H18N4O4S2/c1-10(2)9-14-18-19-16(25-14)17-13(21)7-8-20-15(22)11-5-3-4-6-12(11)26(20,23)24/h3-6,10H,7-9H2,1-2H3,(H,17,19,21). The fourth-order valence-electron chi connectivity index (χ4n) is 2.57. The van der Waals surface area contributed by atoms with Crippen LogP contribution in [0.25, 0.3) is 0 Å². The number of nitrogens with zero attached hydrogens (tertiary/aromatic N) is 3. The first-order valence-electron chi connectivity index (χ1n) is 8.07. The maximum atomic E-state index is 12.4. The van der Waals surface area contributed by atoms with Gasteiger partial charge in [-0.3, -0.25) is 9.59 Å². The van der Waals surface area contributed by atoms with Crippen molar-refractivity contribution in [1.29, 1.82) is 0 Å². The lowest BCUT2D eigenvalue weighted by molar-refractivity contribution is -0.116. The lowest BCUT2D eigenvalue weighted by Crippen LogP contribution is -2.33. The second-order valence-corrected chi connectivity index (χ2v) is 9.17. The van der Waals surface area contributed by atoms with Gasteiger partial charge in [-0.05, 0) is 18.1 Å². The largest absolute Gasteiger partial charge is 0.300 e. The number of rotatable bonds is 6. The Balaban J connectivity index is 1.62. The molecule has 0 saturated heterocycles. The Morgan fingerprint density at radius 1 is 1.27 bits per heavy atom. The van der Waals surface area contributed by atoms with Crippen LogP contribution in [0.2, 0.25) is 0 Å². The summed E-state index contributed by atoms with van der Waals surface area (Å²) in [5.74, 6) is -0.598. The van der Waals surface area contributed by atoms with Crippen molar-refractivity contribution in [2.75, 3.05) is 11.9 Å². The highest BCUT2D eigenvalue weighted by Crippen LogP contribution is 2.30. The maximum Gasteiger partial charge on any atom is 0.269 e. The van der Waals surface area contributed by atoms with E-state index in [4.69, 9.17) is 0 Å². The quantitative estimate of drug-likeness (QED) is 0.801. The summed E-state index contributed by atoms with van der Waals surface area (Å²) in [5, 5.41) is 11.7. The number of hydrogen-bond acceptors (Lipinski definition) is 7. The second-order valence-electron chi connectivity index (χ2n) is 6.28. The normalized spacial score (nSPS) is 15.3. The monoisotopic (exact) mass is 394 g/mol. The summed E-state index contributed by atoms with van der Waals surface area (Å²) < 4.78 is 25.6. The first-order chi connectivity index (χ1) is 12.3. The summed E-state index contributed by atoms with van der Waals surface area (Å²) in [5.41, 5.74) is 0.135. The van der Waals surface area contributed by atoms with Crippen molar-refractivity contribution in [2.45, 2.75) is 31.6 Å². The lowest BCUT2D eigenvalue weighted by atomic mass is 10.1. The van der Waals surface area contributed by atoms with Gasteiger partial charge in [-0.2, -0.15) is 0 Å². The maximum absolute atomic E-state index is 12.4. The Labute approximate surface area is 155 Å². The Morgan fingerprint density at radius 3 is 2.69 bits per heavy atom. The summed E-state index contributed by atoms with van der Waals surface area (Å²) >= 11 is 1.28. The molecule has 0 spiro atoms. The van der Waals surface area contributed by atoms with Crippen molar-refractivity contribution in [3.8, 4) is 0 Å². The smallest absolute Gasteiger partial charge is 0.269 e. The topological polar surface area (TPSA) is 109 Å². The minimum absolute atomic E-state index is 0.0205. The van der Waals surface area contributed by atoms with Gasteiger partial charge in [-0.25, -0.2) is 12.7 Å². The number of hydrogen-bond donors (Lipinski definition) is 1. The van der Waals surface area contributed by atoms with Crippen molar-refractivity contribution in [1.82, 2.24) is 14.5 Å².